The highest BCUT2D eigenvalue weighted by atomic mass is 79.9. The van der Waals surface area contributed by atoms with Crippen LogP contribution >= 0.6 is 15.9 Å². The van der Waals surface area contributed by atoms with Gasteiger partial charge in [0.1, 0.15) is 0 Å². The van der Waals surface area contributed by atoms with Gasteiger partial charge in [0, 0.05) is 10.2 Å². The number of benzene rings is 2. The monoisotopic (exact) mass is 403 g/mol. The molecule has 0 radical (unpaired) electrons. The van der Waals surface area contributed by atoms with Gasteiger partial charge in [0.05, 0.1) is 5.56 Å². The van der Waals surface area contributed by atoms with E-state index in [1.165, 1.54) is 0 Å². The van der Waals surface area contributed by atoms with E-state index in [0.717, 1.165) is 22.1 Å². The lowest BCUT2D eigenvalue weighted by Gasteiger charge is -2.18. The standard InChI is InChI=1S/C20H22BrNO3/c1-4-13(2)17-7-5-6-8-18(17)22-19(23)14(3)25-20(24)15-9-11-16(21)12-10-15/h5-14H,4H2,1-3H3,(H,22,23)/t13-,14-/m1/s1. The molecule has 0 spiro atoms. The lowest BCUT2D eigenvalue weighted by Crippen LogP contribution is -2.30. The van der Waals surface area contributed by atoms with E-state index in [1.807, 2.05) is 24.3 Å². The summed E-state index contributed by atoms with van der Waals surface area (Å²) in [5.74, 6) is -0.538. The first kappa shape index (κ1) is 19.2. The normalized spacial score (nSPS) is 13.0. The number of carbonyl (C=O) groups excluding carboxylic acids is 2. The van der Waals surface area contributed by atoms with Crippen LogP contribution in [-0.4, -0.2) is 18.0 Å². The summed E-state index contributed by atoms with van der Waals surface area (Å²) in [5.41, 5.74) is 2.24. The van der Waals surface area contributed by atoms with Crippen LogP contribution in [0.3, 0.4) is 0 Å². The molecule has 0 heterocycles. The van der Waals surface area contributed by atoms with Crippen LogP contribution in [0.25, 0.3) is 0 Å². The second-order valence-electron chi connectivity index (χ2n) is 5.94. The van der Waals surface area contributed by atoms with Crippen molar-refractivity contribution in [1.82, 2.24) is 0 Å². The zero-order valence-corrected chi connectivity index (χ0v) is 16.2. The Labute approximate surface area is 156 Å². The maximum Gasteiger partial charge on any atom is 0.338 e. The Balaban J connectivity index is 2.03. The molecular weight excluding hydrogens is 382 g/mol. The van der Waals surface area contributed by atoms with Gasteiger partial charge in [-0.1, -0.05) is 48.0 Å². The van der Waals surface area contributed by atoms with E-state index in [2.05, 4.69) is 35.1 Å². The molecule has 2 rings (SSSR count). The highest BCUT2D eigenvalue weighted by molar-refractivity contribution is 9.10. The number of rotatable bonds is 6. The molecule has 0 unspecified atom stereocenters. The van der Waals surface area contributed by atoms with Crippen LogP contribution in [0.4, 0.5) is 5.69 Å². The van der Waals surface area contributed by atoms with Crippen molar-refractivity contribution in [2.75, 3.05) is 5.32 Å². The van der Waals surface area contributed by atoms with Crippen LogP contribution in [0.15, 0.2) is 53.0 Å². The average molecular weight is 404 g/mol. The third-order valence-electron chi connectivity index (χ3n) is 4.09. The Morgan fingerprint density at radius 1 is 1.08 bits per heavy atom. The van der Waals surface area contributed by atoms with E-state index in [9.17, 15) is 9.59 Å². The minimum Gasteiger partial charge on any atom is -0.449 e. The topological polar surface area (TPSA) is 55.4 Å². The molecule has 2 aromatic rings. The van der Waals surface area contributed by atoms with Crippen molar-refractivity contribution in [1.29, 1.82) is 0 Å². The molecule has 5 heteroatoms. The first-order valence-corrected chi connectivity index (χ1v) is 9.08. The molecule has 2 atom stereocenters. The largest absolute Gasteiger partial charge is 0.449 e. The van der Waals surface area contributed by atoms with Crippen LogP contribution in [0.1, 0.15) is 49.0 Å². The predicted octanol–water partition coefficient (Wildman–Crippen LogP) is 5.15. The molecular formula is C20H22BrNO3. The second-order valence-corrected chi connectivity index (χ2v) is 6.86. The molecule has 0 aliphatic carbocycles. The molecule has 4 nitrogen and oxygen atoms in total. The van der Waals surface area contributed by atoms with Crippen LogP contribution in [0.2, 0.25) is 0 Å². The van der Waals surface area contributed by atoms with E-state index in [0.29, 0.717) is 11.5 Å². The summed E-state index contributed by atoms with van der Waals surface area (Å²) in [6.07, 6.45) is 0.0854. The summed E-state index contributed by atoms with van der Waals surface area (Å²) in [6, 6.07) is 14.5. The number of halogens is 1. The maximum absolute atomic E-state index is 12.4. The van der Waals surface area contributed by atoms with E-state index >= 15 is 0 Å². The number of hydrogen-bond donors (Lipinski definition) is 1. The molecule has 0 aliphatic heterocycles. The Morgan fingerprint density at radius 3 is 2.36 bits per heavy atom. The smallest absolute Gasteiger partial charge is 0.338 e. The summed E-state index contributed by atoms with van der Waals surface area (Å²) in [5, 5.41) is 2.87. The van der Waals surface area contributed by atoms with Crippen molar-refractivity contribution in [3.63, 3.8) is 0 Å². The molecule has 1 N–H and O–H groups in total. The fourth-order valence-corrected chi connectivity index (χ4v) is 2.63. The van der Waals surface area contributed by atoms with Gasteiger partial charge in [-0.2, -0.15) is 0 Å². The summed E-state index contributed by atoms with van der Waals surface area (Å²) in [4.78, 5) is 24.5. The molecule has 0 bridgehead atoms. The molecule has 1 amide bonds. The summed E-state index contributed by atoms with van der Waals surface area (Å²) < 4.78 is 6.14. The van der Waals surface area contributed by atoms with Crippen LogP contribution in [0.5, 0.6) is 0 Å². The maximum atomic E-state index is 12.4. The fourth-order valence-electron chi connectivity index (χ4n) is 2.36. The predicted molar refractivity (Wildman–Crippen MR) is 103 cm³/mol. The molecule has 132 valence electrons. The number of amides is 1. The Morgan fingerprint density at radius 2 is 1.72 bits per heavy atom. The highest BCUT2D eigenvalue weighted by Gasteiger charge is 2.20. The van der Waals surface area contributed by atoms with Gasteiger partial charge in [0.15, 0.2) is 6.10 Å². The molecule has 0 aliphatic rings. The van der Waals surface area contributed by atoms with Crippen LogP contribution in [-0.2, 0) is 9.53 Å². The molecule has 0 fully saturated rings. The van der Waals surface area contributed by atoms with Gasteiger partial charge in [0.2, 0.25) is 0 Å². The van der Waals surface area contributed by atoms with Crippen molar-refractivity contribution in [3.8, 4) is 0 Å². The zero-order chi connectivity index (χ0) is 18.4. The van der Waals surface area contributed by atoms with Crippen molar-refractivity contribution in [3.05, 3.63) is 64.1 Å². The van der Waals surface area contributed by atoms with Gasteiger partial charge in [-0.25, -0.2) is 4.79 Å². The second kappa shape index (κ2) is 8.81. The Kier molecular flexibility index (Phi) is 6.76. The number of nitrogens with one attached hydrogen (secondary N) is 1. The minimum atomic E-state index is -0.888. The SMILES string of the molecule is CC[C@@H](C)c1ccccc1NC(=O)[C@@H](C)OC(=O)c1ccc(Br)cc1. The molecule has 2 aromatic carbocycles. The van der Waals surface area contributed by atoms with Crippen LogP contribution in [0, 0.1) is 0 Å². The van der Waals surface area contributed by atoms with Crippen molar-refractivity contribution >= 4 is 33.5 Å². The lowest BCUT2D eigenvalue weighted by atomic mass is 9.97. The van der Waals surface area contributed by atoms with E-state index in [-0.39, 0.29) is 5.91 Å². The average Bonchev–Trinajstić information content (AvgIpc) is 2.61. The lowest BCUT2D eigenvalue weighted by molar-refractivity contribution is -0.123. The first-order valence-electron chi connectivity index (χ1n) is 8.28. The van der Waals surface area contributed by atoms with Gasteiger partial charge in [0.25, 0.3) is 5.91 Å². The highest BCUT2D eigenvalue weighted by Crippen LogP contribution is 2.26. The molecule has 0 aromatic heterocycles. The molecule has 25 heavy (non-hydrogen) atoms. The third kappa shape index (κ3) is 5.16. The summed E-state index contributed by atoms with van der Waals surface area (Å²) >= 11 is 3.31. The number of hydrogen-bond acceptors (Lipinski definition) is 3. The minimum absolute atomic E-state index is 0.331. The van der Waals surface area contributed by atoms with Crippen molar-refractivity contribution in [2.45, 2.75) is 39.2 Å². The van der Waals surface area contributed by atoms with Gasteiger partial charge >= 0.3 is 5.97 Å². The van der Waals surface area contributed by atoms with E-state index in [1.54, 1.807) is 31.2 Å². The molecule has 0 saturated heterocycles. The number of ether oxygens (including phenoxy) is 1. The third-order valence-corrected chi connectivity index (χ3v) is 4.62. The Bertz CT molecular complexity index is 743. The van der Waals surface area contributed by atoms with E-state index in [4.69, 9.17) is 4.74 Å². The number of carbonyl (C=O) groups is 2. The van der Waals surface area contributed by atoms with Crippen molar-refractivity contribution in [2.24, 2.45) is 0 Å². The number of para-hydroxylation sites is 1. The van der Waals surface area contributed by atoms with Gasteiger partial charge in [-0.3, -0.25) is 4.79 Å². The number of esters is 1. The van der Waals surface area contributed by atoms with E-state index < -0.39 is 12.1 Å². The zero-order valence-electron chi connectivity index (χ0n) is 14.6. The quantitative estimate of drug-likeness (QED) is 0.678. The van der Waals surface area contributed by atoms with Crippen molar-refractivity contribution < 1.29 is 14.3 Å². The Hall–Kier alpha value is -2.14. The van der Waals surface area contributed by atoms with Crippen LogP contribution < -0.4 is 5.32 Å². The summed E-state index contributed by atoms with van der Waals surface area (Å²) in [7, 11) is 0. The van der Waals surface area contributed by atoms with Gasteiger partial charge in [-0.05, 0) is 55.2 Å². The molecule has 0 saturated carbocycles. The fraction of sp³-hybridized carbons (Fsp3) is 0.300. The number of anilines is 1. The first-order chi connectivity index (χ1) is 11.9. The van der Waals surface area contributed by atoms with Gasteiger partial charge < -0.3 is 10.1 Å². The van der Waals surface area contributed by atoms with Gasteiger partial charge in [-0.15, -0.1) is 0 Å². The summed E-state index contributed by atoms with van der Waals surface area (Å²) in [6.45, 7) is 5.78.